The van der Waals surface area contributed by atoms with E-state index in [-0.39, 0.29) is 0 Å². The topological polar surface area (TPSA) is 9.86 Å². The lowest BCUT2D eigenvalue weighted by molar-refractivity contribution is 1.18. The van der Waals surface area contributed by atoms with Crippen molar-refractivity contribution in [1.29, 1.82) is 0 Å². The molecule has 0 bridgehead atoms. The second kappa shape index (κ2) is 10.6. The average molecular weight is 611 g/mol. The fourth-order valence-corrected chi connectivity index (χ4v) is 7.63. The van der Waals surface area contributed by atoms with Gasteiger partial charge in [-0.3, -0.25) is 0 Å². The number of nitrogens with zero attached hydrogens (tertiary/aromatic N) is 2. The largest absolute Gasteiger partial charge is 0.309 e. The summed E-state index contributed by atoms with van der Waals surface area (Å²) in [4.78, 5) is 0. The minimum atomic E-state index is 1.16. The molecule has 0 radical (unpaired) electrons. The Morgan fingerprint density at radius 2 is 0.812 bits per heavy atom. The molecule has 2 heterocycles. The first-order valence-corrected chi connectivity index (χ1v) is 16.5. The zero-order valence-corrected chi connectivity index (χ0v) is 26.2. The molecule has 8 aromatic carbocycles. The van der Waals surface area contributed by atoms with Gasteiger partial charge in [0.25, 0.3) is 0 Å². The van der Waals surface area contributed by atoms with Gasteiger partial charge in [0.1, 0.15) is 0 Å². The molecule has 0 aliphatic heterocycles. The summed E-state index contributed by atoms with van der Waals surface area (Å²) in [6, 6.07) is 66.3. The third-order valence-electron chi connectivity index (χ3n) is 9.88. The van der Waals surface area contributed by atoms with Crippen LogP contribution in [-0.2, 0) is 0 Å². The highest BCUT2D eigenvalue weighted by molar-refractivity contribution is 6.12. The summed E-state index contributed by atoms with van der Waals surface area (Å²) >= 11 is 0. The zero-order chi connectivity index (χ0) is 31.6. The Labute approximate surface area is 278 Å². The van der Waals surface area contributed by atoms with Crippen molar-refractivity contribution < 1.29 is 0 Å². The summed E-state index contributed by atoms with van der Waals surface area (Å²) < 4.78 is 4.83. The molecule has 48 heavy (non-hydrogen) atoms. The Kier molecular flexibility index (Phi) is 5.91. The molecule has 0 aliphatic rings. The van der Waals surface area contributed by atoms with Crippen LogP contribution in [0, 0.1) is 0 Å². The van der Waals surface area contributed by atoms with Crippen LogP contribution >= 0.6 is 0 Å². The molecule has 0 fully saturated rings. The number of hydrogen-bond donors (Lipinski definition) is 0. The lowest BCUT2D eigenvalue weighted by atomic mass is 10.0. The van der Waals surface area contributed by atoms with E-state index < -0.39 is 0 Å². The molecule has 10 aromatic rings. The van der Waals surface area contributed by atoms with Crippen LogP contribution in [0.25, 0.3) is 88.0 Å². The fourth-order valence-electron chi connectivity index (χ4n) is 7.63. The van der Waals surface area contributed by atoms with Crippen molar-refractivity contribution in [2.24, 2.45) is 0 Å². The van der Waals surface area contributed by atoms with Gasteiger partial charge in [0.2, 0.25) is 0 Å². The van der Waals surface area contributed by atoms with Crippen molar-refractivity contribution in [3.63, 3.8) is 0 Å². The maximum Gasteiger partial charge on any atom is 0.0547 e. The first-order valence-electron chi connectivity index (χ1n) is 16.5. The lowest BCUT2D eigenvalue weighted by Gasteiger charge is -2.11. The Balaban J connectivity index is 1.16. The van der Waals surface area contributed by atoms with E-state index in [1.807, 2.05) is 0 Å². The molecule has 0 saturated heterocycles. The smallest absolute Gasteiger partial charge is 0.0547 e. The van der Waals surface area contributed by atoms with E-state index in [4.69, 9.17) is 0 Å². The van der Waals surface area contributed by atoms with Gasteiger partial charge in [0.15, 0.2) is 0 Å². The summed E-state index contributed by atoms with van der Waals surface area (Å²) in [5.41, 5.74) is 12.0. The molecule has 0 atom stereocenters. The highest BCUT2D eigenvalue weighted by Gasteiger charge is 2.16. The van der Waals surface area contributed by atoms with Crippen LogP contribution in [-0.4, -0.2) is 9.13 Å². The van der Waals surface area contributed by atoms with Gasteiger partial charge in [-0.1, -0.05) is 127 Å². The van der Waals surface area contributed by atoms with Crippen LogP contribution in [0.2, 0.25) is 0 Å². The van der Waals surface area contributed by atoms with Gasteiger partial charge in [-0.05, 0) is 87.6 Å². The number of para-hydroxylation sites is 2. The van der Waals surface area contributed by atoms with Crippen LogP contribution in [0.4, 0.5) is 0 Å². The second-order valence-corrected chi connectivity index (χ2v) is 12.6. The quantitative estimate of drug-likeness (QED) is 0.188. The van der Waals surface area contributed by atoms with E-state index in [1.54, 1.807) is 0 Å². The summed E-state index contributed by atoms with van der Waals surface area (Å²) in [7, 11) is 0. The van der Waals surface area contributed by atoms with Gasteiger partial charge < -0.3 is 9.13 Å². The Morgan fingerprint density at radius 3 is 1.65 bits per heavy atom. The maximum absolute atomic E-state index is 2.42. The first kappa shape index (κ1) is 26.8. The summed E-state index contributed by atoms with van der Waals surface area (Å²) in [6.07, 6.45) is 0. The van der Waals surface area contributed by atoms with Crippen molar-refractivity contribution in [2.45, 2.75) is 0 Å². The van der Waals surface area contributed by atoms with Gasteiger partial charge in [-0.25, -0.2) is 0 Å². The highest BCUT2D eigenvalue weighted by atomic mass is 15.0. The molecule has 0 saturated carbocycles. The first-order chi connectivity index (χ1) is 23.8. The minimum absolute atomic E-state index is 1.16. The average Bonchev–Trinajstić information content (AvgIpc) is 3.67. The van der Waals surface area contributed by atoms with E-state index in [0.717, 1.165) is 5.69 Å². The number of benzene rings is 8. The van der Waals surface area contributed by atoms with Crippen molar-refractivity contribution in [3.8, 4) is 33.6 Å². The molecular formula is C46H30N2. The number of hydrogen-bond acceptors (Lipinski definition) is 0. The molecule has 0 spiro atoms. The molecule has 2 aromatic heterocycles. The molecule has 0 unspecified atom stereocenters. The zero-order valence-electron chi connectivity index (χ0n) is 26.2. The second-order valence-electron chi connectivity index (χ2n) is 12.6. The molecule has 2 heteroatoms. The number of fused-ring (bicyclic) bond motifs is 7. The number of rotatable bonds is 4. The maximum atomic E-state index is 2.42. The third-order valence-corrected chi connectivity index (χ3v) is 9.88. The van der Waals surface area contributed by atoms with E-state index >= 15 is 0 Å². The van der Waals surface area contributed by atoms with Gasteiger partial charge in [-0.2, -0.15) is 0 Å². The molecule has 224 valence electrons. The molecular weight excluding hydrogens is 581 g/mol. The molecule has 0 amide bonds. The monoisotopic (exact) mass is 610 g/mol. The Bertz CT molecular complexity index is 2830. The van der Waals surface area contributed by atoms with Crippen molar-refractivity contribution in [1.82, 2.24) is 9.13 Å². The van der Waals surface area contributed by atoms with E-state index in [1.165, 1.54) is 82.3 Å². The summed E-state index contributed by atoms with van der Waals surface area (Å²) in [5, 5.41) is 7.53. The third kappa shape index (κ3) is 4.13. The van der Waals surface area contributed by atoms with Gasteiger partial charge in [-0.15, -0.1) is 0 Å². The fraction of sp³-hybridized carbons (Fsp3) is 0. The van der Waals surface area contributed by atoms with Crippen LogP contribution in [0.3, 0.4) is 0 Å². The Morgan fingerprint density at radius 1 is 0.250 bits per heavy atom. The van der Waals surface area contributed by atoms with Gasteiger partial charge >= 0.3 is 0 Å². The van der Waals surface area contributed by atoms with E-state index in [0.29, 0.717) is 0 Å². The van der Waals surface area contributed by atoms with Crippen LogP contribution < -0.4 is 0 Å². The summed E-state index contributed by atoms with van der Waals surface area (Å²) in [5.74, 6) is 0. The minimum Gasteiger partial charge on any atom is -0.309 e. The van der Waals surface area contributed by atoms with Gasteiger partial charge in [0, 0.05) is 32.9 Å². The van der Waals surface area contributed by atoms with Crippen LogP contribution in [0.5, 0.6) is 0 Å². The molecule has 0 aliphatic carbocycles. The Hall–Kier alpha value is -6.38. The standard InChI is InChI=1S/C46H30N2/c1-2-11-31(12-3-1)34-15-10-16-37(27-34)47-44-20-9-7-18-40(44)42-29-35(23-26-45(42)47)36-22-25-41-39-17-6-8-19-43(39)48(46(41)30-36)38-24-21-32-13-4-5-14-33(32)28-38/h1-30H. The van der Waals surface area contributed by atoms with Crippen molar-refractivity contribution >= 4 is 54.4 Å². The molecule has 10 rings (SSSR count). The predicted molar refractivity (Wildman–Crippen MR) is 203 cm³/mol. The molecule has 2 nitrogen and oxygen atoms in total. The van der Waals surface area contributed by atoms with E-state index in [9.17, 15) is 0 Å². The highest BCUT2D eigenvalue weighted by Crippen LogP contribution is 2.39. The summed E-state index contributed by atoms with van der Waals surface area (Å²) in [6.45, 7) is 0. The molecule has 0 N–H and O–H groups in total. The van der Waals surface area contributed by atoms with Gasteiger partial charge in [0.05, 0.1) is 22.1 Å². The van der Waals surface area contributed by atoms with Crippen LogP contribution in [0.15, 0.2) is 182 Å². The number of aromatic nitrogens is 2. The van der Waals surface area contributed by atoms with Crippen molar-refractivity contribution in [2.75, 3.05) is 0 Å². The van der Waals surface area contributed by atoms with E-state index in [2.05, 4.69) is 191 Å². The SMILES string of the molecule is c1ccc(-c2cccc(-n3c4ccccc4c4cc(-c5ccc6c7ccccc7n(-c7ccc8ccccc8c7)c6c5)ccc43)c2)cc1. The van der Waals surface area contributed by atoms with Crippen LogP contribution in [0.1, 0.15) is 0 Å². The predicted octanol–water partition coefficient (Wildman–Crippen LogP) is 12.4. The van der Waals surface area contributed by atoms with Crippen molar-refractivity contribution in [3.05, 3.63) is 182 Å². The lowest BCUT2D eigenvalue weighted by Crippen LogP contribution is -1.94. The normalized spacial score (nSPS) is 11.8.